The number of carbonyl (C=O) groups is 3. The molecule has 3 fully saturated rings. The maximum atomic E-state index is 12.8. The first-order valence-corrected chi connectivity index (χ1v) is 9.39. The molecule has 7 heteroatoms. The Labute approximate surface area is 152 Å². The number of piperidine rings is 1. The lowest BCUT2D eigenvalue weighted by atomic mass is 10.1. The van der Waals surface area contributed by atoms with Crippen LogP contribution in [0.4, 0.5) is 10.7 Å². The molecule has 4 amide bonds. The Kier molecular flexibility index (Phi) is 4.53. The molecule has 0 unspecified atom stereocenters. The van der Waals surface area contributed by atoms with E-state index in [1.54, 1.807) is 6.07 Å². The summed E-state index contributed by atoms with van der Waals surface area (Å²) < 4.78 is 5.82. The maximum Gasteiger partial charge on any atom is 0.331 e. The molecule has 138 valence electrons. The molecular weight excluding hydrogens is 334 g/mol. The molecule has 0 bridgehead atoms. The number of amides is 4. The molecular formula is C19H23N3O4. The van der Waals surface area contributed by atoms with E-state index >= 15 is 0 Å². The smallest absolute Gasteiger partial charge is 0.331 e. The fraction of sp³-hybridized carbons (Fsp3) is 0.526. The Morgan fingerprint density at radius 2 is 1.73 bits per heavy atom. The van der Waals surface area contributed by atoms with Gasteiger partial charge in [-0.05, 0) is 44.2 Å². The van der Waals surface area contributed by atoms with Gasteiger partial charge in [0.05, 0.1) is 0 Å². The van der Waals surface area contributed by atoms with Gasteiger partial charge in [0.1, 0.15) is 11.3 Å². The van der Waals surface area contributed by atoms with Crippen LogP contribution < -0.4 is 10.2 Å². The normalized spacial score (nSPS) is 23.8. The number of rotatable bonds is 3. The molecule has 1 aromatic heterocycles. The van der Waals surface area contributed by atoms with Crippen LogP contribution in [-0.4, -0.2) is 41.9 Å². The van der Waals surface area contributed by atoms with Crippen molar-refractivity contribution >= 4 is 29.8 Å². The molecule has 1 saturated carbocycles. The quantitative estimate of drug-likeness (QED) is 0.664. The number of furan rings is 1. The van der Waals surface area contributed by atoms with E-state index in [0.717, 1.165) is 57.5 Å². The number of hydrogen-bond donors (Lipinski definition) is 1. The first kappa shape index (κ1) is 16.9. The van der Waals surface area contributed by atoms with Gasteiger partial charge in [0.25, 0.3) is 11.8 Å². The zero-order valence-corrected chi connectivity index (χ0v) is 14.7. The predicted octanol–water partition coefficient (Wildman–Crippen LogP) is 2.67. The van der Waals surface area contributed by atoms with Crippen LogP contribution in [0.3, 0.4) is 0 Å². The highest BCUT2D eigenvalue weighted by atomic mass is 16.4. The van der Waals surface area contributed by atoms with Gasteiger partial charge in [0.15, 0.2) is 5.88 Å². The third kappa shape index (κ3) is 3.13. The summed E-state index contributed by atoms with van der Waals surface area (Å²) in [5.74, 6) is 0.0143. The van der Waals surface area contributed by atoms with Crippen molar-refractivity contribution in [3.8, 4) is 0 Å². The summed E-state index contributed by atoms with van der Waals surface area (Å²) in [6.07, 6.45) is 8.51. The van der Waals surface area contributed by atoms with Crippen LogP contribution in [0, 0.1) is 0 Å². The van der Waals surface area contributed by atoms with Gasteiger partial charge < -0.3 is 9.32 Å². The van der Waals surface area contributed by atoms with E-state index in [0.29, 0.717) is 5.76 Å². The number of barbiturate groups is 1. The lowest BCUT2D eigenvalue weighted by molar-refractivity contribution is -0.131. The van der Waals surface area contributed by atoms with Crippen LogP contribution in [0.5, 0.6) is 0 Å². The van der Waals surface area contributed by atoms with Crippen LogP contribution in [0.1, 0.15) is 50.7 Å². The summed E-state index contributed by atoms with van der Waals surface area (Å²) in [5, 5.41) is 2.28. The molecule has 1 aliphatic carbocycles. The minimum absolute atomic E-state index is 0.0453. The van der Waals surface area contributed by atoms with E-state index in [-0.39, 0.29) is 11.6 Å². The van der Waals surface area contributed by atoms with E-state index in [4.69, 9.17) is 4.42 Å². The van der Waals surface area contributed by atoms with Crippen molar-refractivity contribution in [2.45, 2.75) is 51.0 Å². The second kappa shape index (κ2) is 6.97. The molecule has 3 aliphatic rings. The minimum atomic E-state index is -0.662. The van der Waals surface area contributed by atoms with Crippen molar-refractivity contribution in [1.29, 1.82) is 0 Å². The fourth-order valence-electron chi connectivity index (χ4n) is 4.01. The van der Waals surface area contributed by atoms with Crippen molar-refractivity contribution in [2.75, 3.05) is 18.0 Å². The van der Waals surface area contributed by atoms with Gasteiger partial charge in [0, 0.05) is 25.2 Å². The van der Waals surface area contributed by atoms with Crippen molar-refractivity contribution < 1.29 is 18.8 Å². The summed E-state index contributed by atoms with van der Waals surface area (Å²) in [5.41, 5.74) is -0.0453. The van der Waals surface area contributed by atoms with Crippen molar-refractivity contribution in [3.63, 3.8) is 0 Å². The molecule has 1 aromatic rings. The monoisotopic (exact) mass is 357 g/mol. The average Bonchev–Trinajstić information content (AvgIpc) is 3.31. The lowest BCUT2D eigenvalue weighted by Crippen LogP contribution is -2.57. The molecule has 2 aliphatic heterocycles. The number of nitrogens with zero attached hydrogens (tertiary/aromatic N) is 2. The zero-order chi connectivity index (χ0) is 18.1. The average molecular weight is 357 g/mol. The first-order valence-electron chi connectivity index (χ1n) is 9.39. The summed E-state index contributed by atoms with van der Waals surface area (Å²) in [4.78, 5) is 40.5. The second-order valence-electron chi connectivity index (χ2n) is 7.15. The van der Waals surface area contributed by atoms with Gasteiger partial charge in [-0.3, -0.25) is 19.8 Å². The van der Waals surface area contributed by atoms with Gasteiger partial charge in [-0.1, -0.05) is 12.8 Å². The lowest BCUT2D eigenvalue weighted by Gasteiger charge is -2.31. The van der Waals surface area contributed by atoms with Crippen molar-refractivity contribution in [2.24, 2.45) is 0 Å². The zero-order valence-electron chi connectivity index (χ0n) is 14.7. The molecule has 0 atom stereocenters. The Balaban J connectivity index is 1.57. The fourth-order valence-corrected chi connectivity index (χ4v) is 4.01. The highest BCUT2D eigenvalue weighted by Crippen LogP contribution is 2.28. The second-order valence-corrected chi connectivity index (χ2v) is 7.15. The van der Waals surface area contributed by atoms with Gasteiger partial charge in [-0.15, -0.1) is 0 Å². The molecule has 0 radical (unpaired) electrons. The SMILES string of the molecule is O=C1NC(=O)N(C2CCCC2)C(=O)/C1=C/c1ccc(N2CCCCC2)o1. The number of anilines is 1. The largest absolute Gasteiger partial charge is 0.441 e. The number of nitrogens with one attached hydrogen (secondary N) is 1. The molecule has 0 aromatic carbocycles. The summed E-state index contributed by atoms with van der Waals surface area (Å²) in [6.45, 7) is 1.90. The topological polar surface area (TPSA) is 82.9 Å². The highest BCUT2D eigenvalue weighted by Gasteiger charge is 2.40. The van der Waals surface area contributed by atoms with Crippen LogP contribution in [0.25, 0.3) is 6.08 Å². The molecule has 0 spiro atoms. The number of carbonyl (C=O) groups excluding carboxylic acids is 3. The van der Waals surface area contributed by atoms with E-state index in [2.05, 4.69) is 10.2 Å². The van der Waals surface area contributed by atoms with Crippen LogP contribution >= 0.6 is 0 Å². The van der Waals surface area contributed by atoms with Crippen LogP contribution in [0.2, 0.25) is 0 Å². The van der Waals surface area contributed by atoms with Gasteiger partial charge in [0.2, 0.25) is 0 Å². The standard InChI is InChI=1S/C19H23N3O4/c23-17-15(18(24)22(19(25)20-17)13-6-2-3-7-13)12-14-8-9-16(26-14)21-10-4-1-5-11-21/h8-9,12-13H,1-7,10-11H2,(H,20,23,25)/b15-12+. The number of hydrogen-bond acceptors (Lipinski definition) is 5. The number of imide groups is 2. The van der Waals surface area contributed by atoms with Gasteiger partial charge >= 0.3 is 6.03 Å². The van der Waals surface area contributed by atoms with E-state index in [1.165, 1.54) is 17.4 Å². The third-order valence-electron chi connectivity index (χ3n) is 5.39. The van der Waals surface area contributed by atoms with Crippen molar-refractivity contribution in [3.05, 3.63) is 23.5 Å². The Morgan fingerprint density at radius 1 is 1.00 bits per heavy atom. The molecule has 26 heavy (non-hydrogen) atoms. The van der Waals surface area contributed by atoms with Crippen molar-refractivity contribution in [1.82, 2.24) is 10.2 Å². The first-order chi connectivity index (χ1) is 12.6. The summed E-state index contributed by atoms with van der Waals surface area (Å²) >= 11 is 0. The Hall–Kier alpha value is -2.57. The number of urea groups is 1. The van der Waals surface area contributed by atoms with Gasteiger partial charge in [-0.25, -0.2) is 4.79 Å². The van der Waals surface area contributed by atoms with Gasteiger partial charge in [-0.2, -0.15) is 0 Å². The van der Waals surface area contributed by atoms with Crippen LogP contribution in [-0.2, 0) is 9.59 Å². The molecule has 2 saturated heterocycles. The predicted molar refractivity (Wildman–Crippen MR) is 95.4 cm³/mol. The Bertz CT molecular complexity index is 755. The molecule has 1 N–H and O–H groups in total. The van der Waals surface area contributed by atoms with E-state index < -0.39 is 17.8 Å². The minimum Gasteiger partial charge on any atom is -0.441 e. The summed E-state index contributed by atoms with van der Waals surface area (Å²) in [7, 11) is 0. The summed E-state index contributed by atoms with van der Waals surface area (Å²) in [6, 6.07) is 2.88. The molecule has 4 rings (SSSR count). The van der Waals surface area contributed by atoms with E-state index in [9.17, 15) is 14.4 Å². The third-order valence-corrected chi connectivity index (χ3v) is 5.39. The molecule has 3 heterocycles. The maximum absolute atomic E-state index is 12.8. The van der Waals surface area contributed by atoms with E-state index in [1.807, 2.05) is 6.07 Å². The molecule has 7 nitrogen and oxygen atoms in total. The highest BCUT2D eigenvalue weighted by molar-refractivity contribution is 6.31. The van der Waals surface area contributed by atoms with Crippen LogP contribution in [0.15, 0.2) is 22.1 Å². The Morgan fingerprint density at radius 3 is 2.46 bits per heavy atom.